The van der Waals surface area contributed by atoms with Gasteiger partial charge in [0.1, 0.15) is 17.2 Å². The van der Waals surface area contributed by atoms with Gasteiger partial charge in [-0.1, -0.05) is 0 Å². The van der Waals surface area contributed by atoms with Crippen molar-refractivity contribution < 1.29 is 14.3 Å². The van der Waals surface area contributed by atoms with Crippen molar-refractivity contribution in [3.8, 4) is 6.07 Å². The van der Waals surface area contributed by atoms with Crippen molar-refractivity contribution in [1.82, 2.24) is 5.32 Å². The Morgan fingerprint density at radius 1 is 1.32 bits per heavy atom. The standard InChI is InChI=1S/C20H19N3O3S2/c21-10-16-15-5-4-14(26-20(25)22-13-2-3-13)9-17(15)28-19(16)23-18(24)6-1-12-7-8-27-11-12/h1,6-8,11,13-14H,2-5,9H2,(H,22,25)(H,23,24)/b6-1+. The molecule has 28 heavy (non-hydrogen) atoms. The number of fused-ring (bicyclic) bond motifs is 1. The van der Waals surface area contributed by atoms with E-state index in [-0.39, 0.29) is 24.1 Å². The maximum Gasteiger partial charge on any atom is 0.407 e. The summed E-state index contributed by atoms with van der Waals surface area (Å²) >= 11 is 2.96. The Balaban J connectivity index is 1.42. The smallest absolute Gasteiger partial charge is 0.407 e. The molecule has 0 aliphatic heterocycles. The van der Waals surface area contributed by atoms with E-state index in [9.17, 15) is 14.9 Å². The average molecular weight is 414 g/mol. The molecule has 0 saturated heterocycles. The lowest BCUT2D eigenvalue weighted by Gasteiger charge is -2.22. The van der Waals surface area contributed by atoms with Crippen LogP contribution in [0.1, 0.15) is 40.8 Å². The predicted molar refractivity (Wildman–Crippen MR) is 109 cm³/mol. The lowest BCUT2D eigenvalue weighted by molar-refractivity contribution is -0.111. The highest BCUT2D eigenvalue weighted by Crippen LogP contribution is 2.38. The second-order valence-corrected chi connectivity index (χ2v) is 8.77. The minimum Gasteiger partial charge on any atom is -0.446 e. The predicted octanol–water partition coefficient (Wildman–Crippen LogP) is 4.08. The maximum absolute atomic E-state index is 12.2. The molecule has 0 spiro atoms. The first kappa shape index (κ1) is 18.7. The number of amides is 2. The van der Waals surface area contributed by atoms with Gasteiger partial charge in [-0.25, -0.2) is 4.79 Å². The molecule has 2 amide bonds. The van der Waals surface area contributed by atoms with Crippen LogP contribution in [0, 0.1) is 11.3 Å². The Morgan fingerprint density at radius 3 is 2.89 bits per heavy atom. The molecule has 2 heterocycles. The van der Waals surface area contributed by atoms with Gasteiger partial charge in [-0.3, -0.25) is 4.79 Å². The zero-order valence-corrected chi connectivity index (χ0v) is 16.7. The third kappa shape index (κ3) is 4.43. The fraction of sp³-hybridized carbons (Fsp3) is 0.350. The molecule has 8 heteroatoms. The molecular weight excluding hydrogens is 394 g/mol. The molecule has 144 valence electrons. The molecule has 4 rings (SSSR count). The highest BCUT2D eigenvalue weighted by molar-refractivity contribution is 7.16. The van der Waals surface area contributed by atoms with Crippen molar-refractivity contribution in [3.63, 3.8) is 0 Å². The van der Waals surface area contributed by atoms with E-state index in [1.165, 1.54) is 17.4 Å². The number of carbonyl (C=O) groups excluding carboxylic acids is 2. The number of alkyl carbamates (subject to hydrolysis) is 1. The van der Waals surface area contributed by atoms with Crippen molar-refractivity contribution in [3.05, 3.63) is 44.5 Å². The van der Waals surface area contributed by atoms with E-state index >= 15 is 0 Å². The third-order valence-corrected chi connectivity index (χ3v) is 6.58. The monoisotopic (exact) mass is 413 g/mol. The summed E-state index contributed by atoms with van der Waals surface area (Å²) in [5.74, 6) is -0.266. The lowest BCUT2D eigenvalue weighted by atomic mass is 9.94. The molecule has 2 aliphatic carbocycles. The fourth-order valence-corrected chi connectivity index (χ4v) is 5.03. The van der Waals surface area contributed by atoms with E-state index in [1.54, 1.807) is 17.4 Å². The molecule has 1 fully saturated rings. The van der Waals surface area contributed by atoms with E-state index in [0.717, 1.165) is 28.8 Å². The highest BCUT2D eigenvalue weighted by Gasteiger charge is 2.30. The summed E-state index contributed by atoms with van der Waals surface area (Å²) < 4.78 is 5.52. The Labute approximate surface area is 170 Å². The summed E-state index contributed by atoms with van der Waals surface area (Å²) in [6.45, 7) is 0. The van der Waals surface area contributed by atoms with Crippen LogP contribution in [0.2, 0.25) is 0 Å². The van der Waals surface area contributed by atoms with Crippen LogP contribution in [0.5, 0.6) is 0 Å². The third-order valence-electron chi connectivity index (χ3n) is 4.71. The summed E-state index contributed by atoms with van der Waals surface area (Å²) in [5.41, 5.74) is 2.46. The molecule has 0 aromatic carbocycles. The van der Waals surface area contributed by atoms with Crippen molar-refractivity contribution in [1.29, 1.82) is 5.26 Å². The van der Waals surface area contributed by atoms with E-state index in [0.29, 0.717) is 29.8 Å². The summed E-state index contributed by atoms with van der Waals surface area (Å²) in [4.78, 5) is 25.1. The van der Waals surface area contributed by atoms with Crippen LogP contribution < -0.4 is 10.6 Å². The molecule has 1 atom stereocenters. The number of nitrogens with zero attached hydrogens (tertiary/aromatic N) is 1. The minimum absolute atomic E-state index is 0.196. The number of rotatable bonds is 5. The maximum atomic E-state index is 12.2. The molecule has 2 aromatic heterocycles. The SMILES string of the molecule is N#Cc1c(NC(=O)/C=C/c2ccsc2)sc2c1CCC(OC(=O)NC1CC1)C2. The highest BCUT2D eigenvalue weighted by atomic mass is 32.1. The van der Waals surface area contributed by atoms with Gasteiger partial charge in [0.2, 0.25) is 5.91 Å². The van der Waals surface area contributed by atoms with Crippen LogP contribution in [0.4, 0.5) is 9.80 Å². The van der Waals surface area contributed by atoms with Gasteiger partial charge in [0.15, 0.2) is 0 Å². The molecule has 6 nitrogen and oxygen atoms in total. The summed E-state index contributed by atoms with van der Waals surface area (Å²) in [5, 5.41) is 19.7. The quantitative estimate of drug-likeness (QED) is 0.723. The number of thiophene rings is 2. The van der Waals surface area contributed by atoms with Crippen LogP contribution in [-0.2, 0) is 22.4 Å². The van der Waals surface area contributed by atoms with E-state index < -0.39 is 0 Å². The summed E-state index contributed by atoms with van der Waals surface area (Å²) in [6.07, 6.45) is 6.61. The second kappa shape index (κ2) is 8.17. The minimum atomic E-state index is -0.361. The van der Waals surface area contributed by atoms with Crippen LogP contribution >= 0.6 is 22.7 Å². The number of ether oxygens (including phenoxy) is 1. The summed E-state index contributed by atoms with van der Waals surface area (Å²) in [6, 6.07) is 4.42. The molecule has 1 unspecified atom stereocenters. The molecular formula is C20H19N3O3S2. The Kier molecular flexibility index (Phi) is 5.46. The number of anilines is 1. The van der Waals surface area contributed by atoms with E-state index in [4.69, 9.17) is 4.74 Å². The average Bonchev–Trinajstić information content (AvgIpc) is 3.19. The van der Waals surface area contributed by atoms with Crippen LogP contribution in [0.3, 0.4) is 0 Å². The van der Waals surface area contributed by atoms with Gasteiger partial charge in [-0.05, 0) is 59.7 Å². The van der Waals surface area contributed by atoms with Gasteiger partial charge in [0.05, 0.1) is 5.56 Å². The van der Waals surface area contributed by atoms with Crippen molar-refractivity contribution in [2.45, 2.75) is 44.2 Å². The Hall–Kier alpha value is -2.63. The molecule has 0 bridgehead atoms. The van der Waals surface area contributed by atoms with Gasteiger partial charge in [-0.15, -0.1) is 11.3 Å². The number of hydrogen-bond acceptors (Lipinski definition) is 6. The lowest BCUT2D eigenvalue weighted by Crippen LogP contribution is -2.32. The van der Waals surface area contributed by atoms with Gasteiger partial charge in [0.25, 0.3) is 0 Å². The molecule has 0 radical (unpaired) electrons. The zero-order valence-electron chi connectivity index (χ0n) is 15.1. The number of nitriles is 1. The van der Waals surface area contributed by atoms with Crippen LogP contribution in [-0.4, -0.2) is 24.1 Å². The van der Waals surface area contributed by atoms with Gasteiger partial charge in [-0.2, -0.15) is 16.6 Å². The van der Waals surface area contributed by atoms with Crippen LogP contribution in [0.25, 0.3) is 6.08 Å². The molecule has 2 aliphatic rings. The molecule has 2 N–H and O–H groups in total. The van der Waals surface area contributed by atoms with Crippen molar-refractivity contribution in [2.75, 3.05) is 5.32 Å². The number of hydrogen-bond donors (Lipinski definition) is 2. The van der Waals surface area contributed by atoms with Gasteiger partial charge >= 0.3 is 6.09 Å². The fourth-order valence-electron chi connectivity index (χ4n) is 3.14. The van der Waals surface area contributed by atoms with Crippen molar-refractivity contribution in [2.24, 2.45) is 0 Å². The normalized spacial score (nSPS) is 18.3. The summed E-state index contributed by atoms with van der Waals surface area (Å²) in [7, 11) is 0. The molecule has 2 aromatic rings. The van der Waals surface area contributed by atoms with E-state index in [2.05, 4.69) is 16.7 Å². The van der Waals surface area contributed by atoms with Gasteiger partial charge < -0.3 is 15.4 Å². The first-order chi connectivity index (χ1) is 13.6. The Bertz CT molecular complexity index is 952. The first-order valence-corrected chi connectivity index (χ1v) is 10.9. The zero-order chi connectivity index (χ0) is 19.5. The first-order valence-electron chi connectivity index (χ1n) is 9.15. The van der Waals surface area contributed by atoms with E-state index in [1.807, 2.05) is 16.8 Å². The van der Waals surface area contributed by atoms with Crippen molar-refractivity contribution >= 4 is 45.8 Å². The van der Waals surface area contributed by atoms with Crippen LogP contribution in [0.15, 0.2) is 22.9 Å². The topological polar surface area (TPSA) is 91.2 Å². The second-order valence-electron chi connectivity index (χ2n) is 6.89. The number of carbonyl (C=O) groups is 2. The van der Waals surface area contributed by atoms with Gasteiger partial charge in [0, 0.05) is 23.4 Å². The Morgan fingerprint density at radius 2 is 2.18 bits per heavy atom. The number of nitrogens with one attached hydrogen (secondary N) is 2. The largest absolute Gasteiger partial charge is 0.446 e. The molecule has 1 saturated carbocycles.